The second kappa shape index (κ2) is 34.1. The van der Waals surface area contributed by atoms with Crippen molar-refractivity contribution in [3.63, 3.8) is 0 Å². The average Bonchev–Trinajstić information content (AvgIpc) is 1.65. The van der Waals surface area contributed by atoms with Crippen LogP contribution in [0.25, 0.3) is 139 Å². The van der Waals surface area contributed by atoms with E-state index in [2.05, 4.69) is 312 Å². The first-order chi connectivity index (χ1) is 59.1. The molecule has 10 aromatic heterocycles. The molecule has 12 aromatic carbocycles. The van der Waals surface area contributed by atoms with Crippen molar-refractivity contribution in [2.75, 3.05) is 7.11 Å². The van der Waals surface area contributed by atoms with E-state index in [0.29, 0.717) is 6.61 Å². The average molecular weight is 1560 g/mol. The molecule has 0 aliphatic rings. The van der Waals surface area contributed by atoms with Crippen molar-refractivity contribution in [1.82, 2.24) is 46.9 Å². The fourth-order valence-electron chi connectivity index (χ4n) is 15.7. The minimum absolute atomic E-state index is 0.497. The Morgan fingerprint density at radius 3 is 1.58 bits per heavy atom. The number of fused-ring (bicyclic) bond motifs is 11. The van der Waals surface area contributed by atoms with Gasteiger partial charge in [0.2, 0.25) is 0 Å². The summed E-state index contributed by atoms with van der Waals surface area (Å²) in [4.78, 5) is 24.2. The molecule has 22 aromatic rings. The zero-order valence-corrected chi connectivity index (χ0v) is 67.6. The number of pyridine rings is 5. The first-order valence-corrected chi connectivity index (χ1v) is 40.4. The number of aryl methyl sites for hydroxylation is 5. The normalized spacial score (nSPS) is 11.2. The van der Waals surface area contributed by atoms with Crippen LogP contribution in [-0.2, 0) is 13.0 Å². The van der Waals surface area contributed by atoms with E-state index in [9.17, 15) is 0 Å². The highest BCUT2D eigenvalue weighted by Crippen LogP contribution is 2.39. The lowest BCUT2D eigenvalue weighted by atomic mass is 10.0. The van der Waals surface area contributed by atoms with Crippen LogP contribution in [0.1, 0.15) is 41.0 Å². The number of methoxy groups -OCH3 is 1. The molecular weight excluding hydrogens is 1470 g/mol. The van der Waals surface area contributed by atoms with Crippen LogP contribution in [0.2, 0.25) is 0 Å². The summed E-state index contributed by atoms with van der Waals surface area (Å²) < 4.78 is 28.5. The molecule has 0 spiro atoms. The summed E-state index contributed by atoms with van der Waals surface area (Å²) in [5.74, 6) is 8.20. The third-order valence-electron chi connectivity index (χ3n) is 21.8. The van der Waals surface area contributed by atoms with Crippen molar-refractivity contribution in [1.29, 1.82) is 0 Å². The fraction of sp³-hybridized carbons (Fsp3) is 0.0748. The number of imidazole rings is 5. The number of hydrogen-bond acceptors (Lipinski definition) is 8. The minimum Gasteiger partial charge on any atom is -0.497 e. The van der Waals surface area contributed by atoms with Crippen LogP contribution in [-0.4, -0.2) is 54.0 Å². The van der Waals surface area contributed by atoms with Gasteiger partial charge in [-0.05, 0) is 144 Å². The van der Waals surface area contributed by atoms with Gasteiger partial charge in [0.15, 0.2) is 0 Å². The van der Waals surface area contributed by atoms with E-state index in [1.165, 1.54) is 65.4 Å². The molecule has 0 bridgehead atoms. The van der Waals surface area contributed by atoms with Gasteiger partial charge in [0.1, 0.15) is 69.9 Å². The molecule has 0 saturated carbocycles. The molecule has 0 atom stereocenters. The fourth-order valence-corrected chi connectivity index (χ4v) is 15.7. The molecule has 22 rings (SSSR count). The van der Waals surface area contributed by atoms with Crippen molar-refractivity contribution >= 4 is 70.8 Å². The summed E-state index contributed by atoms with van der Waals surface area (Å²) in [5.41, 5.74) is 21.0. The van der Waals surface area contributed by atoms with Crippen LogP contribution in [0.3, 0.4) is 0 Å². The van der Waals surface area contributed by atoms with Gasteiger partial charge in [-0.15, -0.1) is 0 Å². The van der Waals surface area contributed by atoms with Gasteiger partial charge >= 0.3 is 0 Å². The number of rotatable bonds is 13. The first kappa shape index (κ1) is 75.9. The summed E-state index contributed by atoms with van der Waals surface area (Å²) >= 11 is 0. The maximum absolute atomic E-state index is 6.31. The minimum atomic E-state index is 0.497. The molecule has 0 fully saturated rings. The molecule has 13 heteroatoms. The molecule has 0 amide bonds. The first-order valence-electron chi connectivity index (χ1n) is 40.4. The van der Waals surface area contributed by atoms with Gasteiger partial charge in [-0.1, -0.05) is 291 Å². The molecule has 0 unspecified atom stereocenters. The van der Waals surface area contributed by atoms with Crippen LogP contribution in [0.5, 0.6) is 23.0 Å². The lowest BCUT2D eigenvalue weighted by Crippen LogP contribution is -1.98. The Bertz CT molecular complexity index is 7360. The number of benzene rings is 12. The van der Waals surface area contributed by atoms with Crippen molar-refractivity contribution in [2.45, 2.75) is 47.6 Å². The van der Waals surface area contributed by atoms with Crippen LogP contribution in [0.4, 0.5) is 0 Å². The SMILES string of the molecule is CCc1nc(-c2ccccc2)c2cc(Oc3ccccc3)ccn12.COc1ccc(-c2nc(-c3ccccc3)c3c(OCc4ccc(C)cc4)cccn23)cc1.Cc1ccc(-c2nc(C)c3cc4ccccc4cn23)cc1.Cc1nc(-c2ccccc2)c2ccc3ccccc3n12.c1ccc2c(-c3ncc4c5ccccc5ccn34)cccc2c1. The van der Waals surface area contributed by atoms with Crippen molar-refractivity contribution in [2.24, 2.45) is 0 Å². The second-order valence-electron chi connectivity index (χ2n) is 29.7. The lowest BCUT2D eigenvalue weighted by Gasteiger charge is -2.10. The van der Waals surface area contributed by atoms with E-state index in [-0.39, 0.29) is 0 Å². The van der Waals surface area contributed by atoms with Crippen LogP contribution in [0, 0.1) is 27.7 Å². The second-order valence-corrected chi connectivity index (χ2v) is 29.7. The maximum atomic E-state index is 6.31. The maximum Gasteiger partial charge on any atom is 0.146 e. The van der Waals surface area contributed by atoms with Crippen LogP contribution >= 0.6 is 0 Å². The van der Waals surface area contributed by atoms with E-state index >= 15 is 0 Å². The van der Waals surface area contributed by atoms with Gasteiger partial charge in [-0.25, -0.2) is 24.9 Å². The molecule has 0 radical (unpaired) electrons. The zero-order valence-electron chi connectivity index (χ0n) is 67.6. The Kier molecular flexibility index (Phi) is 21.6. The summed E-state index contributed by atoms with van der Waals surface area (Å²) in [6.07, 6.45) is 11.2. The molecule has 120 heavy (non-hydrogen) atoms. The molecule has 0 N–H and O–H groups in total. The monoisotopic (exact) mass is 1560 g/mol. The van der Waals surface area contributed by atoms with Crippen molar-refractivity contribution in [3.05, 3.63) is 423 Å². The number of para-hydroxylation sites is 2. The highest BCUT2D eigenvalue weighted by atomic mass is 16.5. The van der Waals surface area contributed by atoms with Gasteiger partial charge in [-0.3, -0.25) is 17.6 Å². The molecule has 10 heterocycles. The van der Waals surface area contributed by atoms with E-state index in [1.54, 1.807) is 7.11 Å². The Labute approximate surface area is 696 Å². The van der Waals surface area contributed by atoms with E-state index in [1.807, 2.05) is 134 Å². The Morgan fingerprint density at radius 1 is 0.333 bits per heavy atom. The lowest BCUT2D eigenvalue weighted by molar-refractivity contribution is 0.309. The van der Waals surface area contributed by atoms with Crippen LogP contribution in [0.15, 0.2) is 389 Å². The topological polar surface area (TPSA) is 114 Å². The van der Waals surface area contributed by atoms with Gasteiger partial charge in [0, 0.05) is 76.0 Å². The number of hydrogen-bond donors (Lipinski definition) is 0. The Balaban J connectivity index is 0.000000104. The summed E-state index contributed by atoms with van der Waals surface area (Å²) in [6, 6.07) is 122. The summed E-state index contributed by atoms with van der Waals surface area (Å²) in [6.45, 7) is 10.9. The van der Waals surface area contributed by atoms with Crippen molar-refractivity contribution in [3.8, 4) is 90.9 Å². The molecule has 0 aliphatic carbocycles. The molecule has 582 valence electrons. The predicted molar refractivity (Wildman–Crippen MR) is 491 cm³/mol. The summed E-state index contributed by atoms with van der Waals surface area (Å²) in [7, 11) is 1.67. The quantitative estimate of drug-likeness (QED) is 0.112. The summed E-state index contributed by atoms with van der Waals surface area (Å²) in [5, 5.41) is 8.66. The van der Waals surface area contributed by atoms with Gasteiger partial charge < -0.3 is 18.6 Å². The van der Waals surface area contributed by atoms with Crippen molar-refractivity contribution < 1.29 is 14.2 Å². The molecular formula is C107H86N10O3. The number of nitrogens with zero attached hydrogens (tertiary/aromatic N) is 10. The van der Waals surface area contributed by atoms with E-state index in [4.69, 9.17) is 39.1 Å². The molecule has 0 saturated heterocycles. The van der Waals surface area contributed by atoms with E-state index < -0.39 is 0 Å². The standard InChI is InChI=1S/C28H24N2O2.C21H18N2O.C21H14N2.C19H16N2.C18H14N2/c1-20-10-12-21(13-11-20)19-32-25-9-6-18-30-27(25)26(22-7-4-3-5-8-22)29-28(30)23-14-16-24(31-2)17-15-23;1-2-20-22-21(16-9-5-3-6-10-16)19-15-18(13-14-23(19)20)24-17-11-7-4-8-12-17;1-3-9-17-15(6-1)8-5-11-19(17)21-22-14-20-18-10-4-2-7-16(18)12-13-23(20)21;1-13-7-9-15(10-8-13)19-20-14(2)18-11-16-5-3-4-6-17(16)12-21(18)19;1-13-19-18(15-8-3-2-4-9-15)17-12-11-14-7-5-6-10-16(14)20(13)17/h3-18H,19H2,1-2H3;3-15H,2H2,1H3;1-14H;3-12H,1-2H3;2-12H,1H3. The smallest absolute Gasteiger partial charge is 0.146 e. The van der Waals surface area contributed by atoms with Gasteiger partial charge in [0.05, 0.1) is 58.0 Å². The van der Waals surface area contributed by atoms with Gasteiger partial charge in [-0.2, -0.15) is 0 Å². The molecule has 13 nitrogen and oxygen atoms in total. The third kappa shape index (κ3) is 15.7. The van der Waals surface area contributed by atoms with Gasteiger partial charge in [0.25, 0.3) is 0 Å². The third-order valence-corrected chi connectivity index (χ3v) is 21.8. The predicted octanol–water partition coefficient (Wildman–Crippen LogP) is 26.5. The van der Waals surface area contributed by atoms with E-state index in [0.717, 1.165) is 137 Å². The largest absolute Gasteiger partial charge is 0.497 e. The number of aromatic nitrogens is 10. The Morgan fingerprint density at radius 2 is 0.900 bits per heavy atom. The molecule has 0 aliphatic heterocycles. The highest BCUT2D eigenvalue weighted by molar-refractivity contribution is 6.00. The zero-order chi connectivity index (χ0) is 81.4. The van der Waals surface area contributed by atoms with Crippen LogP contribution < -0.4 is 14.2 Å². The number of ether oxygens (including phenoxy) is 3. The highest BCUT2D eigenvalue weighted by Gasteiger charge is 2.21. The Hall–Kier alpha value is -15.5.